The molecule has 0 bridgehead atoms. The molecule has 1 aliphatic carbocycles. The van der Waals surface area contributed by atoms with Crippen molar-refractivity contribution in [2.75, 3.05) is 7.11 Å². The van der Waals surface area contributed by atoms with E-state index in [9.17, 15) is 13.6 Å². The van der Waals surface area contributed by atoms with E-state index in [-0.39, 0.29) is 11.3 Å². The molecule has 1 aromatic carbocycles. The molecular weight excluding hydrogens is 218 g/mol. The molecule has 1 N–H and O–H groups in total. The molecule has 0 saturated heterocycles. The zero-order valence-corrected chi connectivity index (χ0v) is 8.54. The second-order valence-corrected chi connectivity index (χ2v) is 3.76. The predicted molar refractivity (Wildman–Crippen MR) is 51.4 cm³/mol. The highest BCUT2D eigenvalue weighted by Crippen LogP contribution is 2.51. The second kappa shape index (κ2) is 3.73. The third-order valence-corrected chi connectivity index (χ3v) is 2.78. The number of rotatable bonds is 3. The van der Waals surface area contributed by atoms with Gasteiger partial charge in [0.1, 0.15) is 5.82 Å². The fourth-order valence-electron chi connectivity index (χ4n) is 1.89. The van der Waals surface area contributed by atoms with Crippen molar-refractivity contribution in [3.8, 4) is 5.75 Å². The van der Waals surface area contributed by atoms with Crippen molar-refractivity contribution in [2.24, 2.45) is 5.92 Å². The van der Waals surface area contributed by atoms with Crippen LogP contribution in [-0.2, 0) is 4.79 Å². The zero-order chi connectivity index (χ0) is 11.9. The summed E-state index contributed by atoms with van der Waals surface area (Å²) >= 11 is 0. The smallest absolute Gasteiger partial charge is 0.307 e. The van der Waals surface area contributed by atoms with Gasteiger partial charge < -0.3 is 9.84 Å². The minimum absolute atomic E-state index is 0.0369. The minimum Gasteiger partial charge on any atom is -0.493 e. The summed E-state index contributed by atoms with van der Waals surface area (Å²) in [6.45, 7) is 0. The molecule has 0 radical (unpaired) electrons. The van der Waals surface area contributed by atoms with Gasteiger partial charge in [0.05, 0.1) is 13.0 Å². The Balaban J connectivity index is 2.41. The van der Waals surface area contributed by atoms with Gasteiger partial charge in [0.2, 0.25) is 0 Å². The summed E-state index contributed by atoms with van der Waals surface area (Å²) in [5, 5.41) is 8.75. The molecule has 0 aromatic heterocycles. The third kappa shape index (κ3) is 1.62. The third-order valence-electron chi connectivity index (χ3n) is 2.78. The van der Waals surface area contributed by atoms with Gasteiger partial charge in [0.15, 0.2) is 11.6 Å². The molecule has 1 saturated carbocycles. The summed E-state index contributed by atoms with van der Waals surface area (Å²) in [6, 6.07) is 1.96. The highest BCUT2D eigenvalue weighted by Gasteiger charge is 2.47. The van der Waals surface area contributed by atoms with E-state index < -0.39 is 29.4 Å². The lowest BCUT2D eigenvalue weighted by molar-refractivity contribution is -0.138. The van der Waals surface area contributed by atoms with Gasteiger partial charge in [0.25, 0.3) is 0 Å². The summed E-state index contributed by atoms with van der Waals surface area (Å²) in [6.07, 6.45) is 0.325. The van der Waals surface area contributed by atoms with Crippen LogP contribution in [0, 0.1) is 17.6 Å². The Morgan fingerprint density at radius 3 is 2.56 bits per heavy atom. The molecule has 3 nitrogen and oxygen atoms in total. The monoisotopic (exact) mass is 228 g/mol. The van der Waals surface area contributed by atoms with Crippen LogP contribution in [0.15, 0.2) is 12.1 Å². The van der Waals surface area contributed by atoms with Crippen molar-refractivity contribution in [3.05, 3.63) is 29.3 Å². The zero-order valence-electron chi connectivity index (χ0n) is 8.54. The molecule has 5 heteroatoms. The van der Waals surface area contributed by atoms with E-state index in [1.54, 1.807) is 0 Å². The summed E-state index contributed by atoms with van der Waals surface area (Å²) < 4.78 is 31.6. The Bertz CT molecular complexity index is 445. The summed E-state index contributed by atoms with van der Waals surface area (Å²) in [5.41, 5.74) is 0.0369. The lowest BCUT2D eigenvalue weighted by Crippen LogP contribution is -2.03. The average molecular weight is 228 g/mol. The minimum atomic E-state index is -0.990. The molecule has 1 fully saturated rings. The SMILES string of the molecule is COc1c(F)ccc(F)c1C1CC1C(=O)O. The Labute approximate surface area is 90.7 Å². The lowest BCUT2D eigenvalue weighted by Gasteiger charge is -2.09. The standard InChI is InChI=1S/C11H10F2O3/c1-16-10-8(13)3-2-7(12)9(10)5-4-6(5)11(14)15/h2-3,5-6H,4H2,1H3,(H,14,15). The molecule has 1 aromatic rings. The molecule has 1 aliphatic rings. The Hall–Kier alpha value is -1.65. The number of halogens is 2. The van der Waals surface area contributed by atoms with Gasteiger partial charge >= 0.3 is 5.97 Å². The molecule has 16 heavy (non-hydrogen) atoms. The van der Waals surface area contributed by atoms with Gasteiger partial charge in [-0.05, 0) is 18.6 Å². The first-order valence-corrected chi connectivity index (χ1v) is 4.81. The van der Waals surface area contributed by atoms with Crippen LogP contribution >= 0.6 is 0 Å². The van der Waals surface area contributed by atoms with Crippen LogP contribution in [0.1, 0.15) is 17.9 Å². The Morgan fingerprint density at radius 1 is 1.44 bits per heavy atom. The van der Waals surface area contributed by atoms with E-state index in [4.69, 9.17) is 9.84 Å². The van der Waals surface area contributed by atoms with Crippen molar-refractivity contribution in [1.29, 1.82) is 0 Å². The van der Waals surface area contributed by atoms with Gasteiger partial charge in [0, 0.05) is 11.5 Å². The summed E-state index contributed by atoms with van der Waals surface area (Å²) in [5.74, 6) is -3.58. The molecule has 2 unspecified atom stereocenters. The molecule has 2 rings (SSSR count). The van der Waals surface area contributed by atoms with Gasteiger partial charge in [-0.25, -0.2) is 8.78 Å². The maximum Gasteiger partial charge on any atom is 0.307 e. The number of aliphatic carboxylic acids is 1. The Morgan fingerprint density at radius 2 is 2.06 bits per heavy atom. The largest absolute Gasteiger partial charge is 0.493 e. The van der Waals surface area contributed by atoms with Crippen molar-refractivity contribution in [1.82, 2.24) is 0 Å². The van der Waals surface area contributed by atoms with Crippen LogP contribution in [0.2, 0.25) is 0 Å². The van der Waals surface area contributed by atoms with E-state index in [0.29, 0.717) is 6.42 Å². The van der Waals surface area contributed by atoms with Crippen molar-refractivity contribution < 1.29 is 23.4 Å². The number of hydrogen-bond donors (Lipinski definition) is 1. The lowest BCUT2D eigenvalue weighted by atomic mass is 10.1. The molecule has 0 aliphatic heterocycles. The number of benzene rings is 1. The van der Waals surface area contributed by atoms with Gasteiger partial charge in [-0.15, -0.1) is 0 Å². The quantitative estimate of drug-likeness (QED) is 0.862. The fraction of sp³-hybridized carbons (Fsp3) is 0.364. The van der Waals surface area contributed by atoms with Crippen LogP contribution in [0.3, 0.4) is 0 Å². The van der Waals surface area contributed by atoms with Crippen LogP contribution in [-0.4, -0.2) is 18.2 Å². The van der Waals surface area contributed by atoms with Gasteiger partial charge in [-0.1, -0.05) is 0 Å². The molecule has 0 heterocycles. The van der Waals surface area contributed by atoms with Crippen molar-refractivity contribution in [2.45, 2.75) is 12.3 Å². The number of methoxy groups -OCH3 is 1. The molecule has 0 spiro atoms. The second-order valence-electron chi connectivity index (χ2n) is 3.76. The predicted octanol–water partition coefficient (Wildman–Crippen LogP) is 2.16. The number of carbonyl (C=O) groups is 1. The maximum absolute atomic E-state index is 13.5. The van der Waals surface area contributed by atoms with Gasteiger partial charge in [-0.2, -0.15) is 0 Å². The topological polar surface area (TPSA) is 46.5 Å². The fourth-order valence-corrected chi connectivity index (χ4v) is 1.89. The van der Waals surface area contributed by atoms with E-state index >= 15 is 0 Å². The summed E-state index contributed by atoms with van der Waals surface area (Å²) in [4.78, 5) is 10.7. The molecule has 86 valence electrons. The van der Waals surface area contributed by atoms with Crippen LogP contribution in [0.5, 0.6) is 5.75 Å². The highest BCUT2D eigenvalue weighted by atomic mass is 19.1. The Kier molecular flexibility index (Phi) is 2.53. The average Bonchev–Trinajstić information content (AvgIpc) is 3.00. The van der Waals surface area contributed by atoms with E-state index in [1.165, 1.54) is 7.11 Å². The highest BCUT2D eigenvalue weighted by molar-refractivity contribution is 5.75. The number of carboxylic acids is 1. The number of ether oxygens (including phenoxy) is 1. The van der Waals surface area contributed by atoms with Crippen molar-refractivity contribution >= 4 is 5.97 Å². The molecule has 2 atom stereocenters. The van der Waals surface area contributed by atoms with E-state index in [1.807, 2.05) is 0 Å². The van der Waals surface area contributed by atoms with Gasteiger partial charge in [-0.3, -0.25) is 4.79 Å². The van der Waals surface area contributed by atoms with Crippen molar-refractivity contribution in [3.63, 3.8) is 0 Å². The van der Waals surface area contributed by atoms with Crippen LogP contribution < -0.4 is 4.74 Å². The number of carboxylic acid groups (broad SMARTS) is 1. The maximum atomic E-state index is 13.5. The first-order chi connectivity index (χ1) is 7.56. The normalized spacial score (nSPS) is 22.9. The first-order valence-electron chi connectivity index (χ1n) is 4.81. The first kappa shape index (κ1) is 10.9. The summed E-state index contributed by atoms with van der Waals surface area (Å²) in [7, 11) is 1.24. The number of hydrogen-bond acceptors (Lipinski definition) is 2. The van der Waals surface area contributed by atoms with E-state index in [0.717, 1.165) is 12.1 Å². The molecular formula is C11H10F2O3. The van der Waals surface area contributed by atoms with Crippen LogP contribution in [0.4, 0.5) is 8.78 Å². The van der Waals surface area contributed by atoms with Crippen LogP contribution in [0.25, 0.3) is 0 Å². The molecule has 0 amide bonds. The van der Waals surface area contributed by atoms with E-state index in [2.05, 4.69) is 0 Å².